The summed E-state index contributed by atoms with van der Waals surface area (Å²) in [4.78, 5) is 5.91. The molecule has 0 bridgehead atoms. The number of hydrogen-bond donors (Lipinski definition) is 2. The minimum atomic E-state index is 0.455. The monoisotopic (exact) mass is 301 g/mol. The highest BCUT2D eigenvalue weighted by Gasteiger charge is 2.06. The number of hydrogen-bond acceptors (Lipinski definition) is 2. The summed E-state index contributed by atoms with van der Waals surface area (Å²) in [7, 11) is 0. The normalized spacial score (nSPS) is 13.0. The second-order valence-electron chi connectivity index (χ2n) is 4.97. The molecule has 2 N–H and O–H groups in total. The Morgan fingerprint density at radius 2 is 1.95 bits per heavy atom. The fraction of sp³-hybridized carbons (Fsp3) is 0.353. The van der Waals surface area contributed by atoms with Gasteiger partial charge >= 0.3 is 0 Å². The van der Waals surface area contributed by atoms with Crippen molar-refractivity contribution in [1.29, 1.82) is 0 Å². The zero-order valence-electron chi connectivity index (χ0n) is 12.7. The van der Waals surface area contributed by atoms with E-state index in [2.05, 4.69) is 77.3 Å². The molecule has 0 radical (unpaired) electrons. The Kier molecular flexibility index (Phi) is 6.28. The van der Waals surface area contributed by atoms with Gasteiger partial charge in [0.25, 0.3) is 0 Å². The lowest BCUT2D eigenvalue weighted by Crippen LogP contribution is -2.39. The van der Waals surface area contributed by atoms with E-state index in [-0.39, 0.29) is 0 Å². The first-order valence-corrected chi connectivity index (χ1v) is 8.27. The fourth-order valence-electron chi connectivity index (χ4n) is 2.05. The second kappa shape index (κ2) is 8.47. The van der Waals surface area contributed by atoms with Crippen molar-refractivity contribution in [1.82, 2.24) is 10.6 Å². The maximum Gasteiger partial charge on any atom is 0.191 e. The largest absolute Gasteiger partial charge is 0.357 e. The van der Waals surface area contributed by atoms with Gasteiger partial charge in [-0.25, -0.2) is 4.99 Å². The minimum absolute atomic E-state index is 0.455. The fourth-order valence-corrected chi connectivity index (χ4v) is 2.68. The van der Waals surface area contributed by atoms with Gasteiger partial charge in [0.05, 0.1) is 6.54 Å². The van der Waals surface area contributed by atoms with E-state index in [1.165, 1.54) is 10.4 Å². The molecule has 4 heteroatoms. The first kappa shape index (κ1) is 15.6. The molecule has 1 heterocycles. The van der Waals surface area contributed by atoms with Gasteiger partial charge < -0.3 is 10.6 Å². The lowest BCUT2D eigenvalue weighted by atomic mass is 10.0. The summed E-state index contributed by atoms with van der Waals surface area (Å²) in [5.41, 5.74) is 1.35. The maximum atomic E-state index is 4.63. The Morgan fingerprint density at radius 1 is 1.14 bits per heavy atom. The van der Waals surface area contributed by atoms with Crippen LogP contribution in [-0.2, 0) is 6.54 Å². The van der Waals surface area contributed by atoms with Crippen LogP contribution in [0.5, 0.6) is 0 Å². The first-order chi connectivity index (χ1) is 10.3. The number of nitrogens with zero attached hydrogens (tertiary/aromatic N) is 1. The van der Waals surface area contributed by atoms with Gasteiger partial charge in [-0.15, -0.1) is 11.3 Å². The van der Waals surface area contributed by atoms with E-state index >= 15 is 0 Å². The highest BCUT2D eigenvalue weighted by atomic mass is 32.1. The highest BCUT2D eigenvalue weighted by Crippen LogP contribution is 2.13. The van der Waals surface area contributed by atoms with Crippen molar-refractivity contribution in [2.75, 3.05) is 13.1 Å². The van der Waals surface area contributed by atoms with Gasteiger partial charge in [0.1, 0.15) is 0 Å². The molecule has 0 spiro atoms. The molecule has 0 aliphatic rings. The molecular formula is C17H23N3S. The van der Waals surface area contributed by atoms with Crippen LogP contribution in [0.3, 0.4) is 0 Å². The molecule has 21 heavy (non-hydrogen) atoms. The van der Waals surface area contributed by atoms with Crippen LogP contribution in [0.1, 0.15) is 30.2 Å². The Morgan fingerprint density at radius 3 is 2.62 bits per heavy atom. The average Bonchev–Trinajstić information content (AvgIpc) is 3.04. The van der Waals surface area contributed by atoms with Gasteiger partial charge in [-0.2, -0.15) is 0 Å². The molecule has 0 fully saturated rings. The van der Waals surface area contributed by atoms with E-state index in [0.29, 0.717) is 5.92 Å². The van der Waals surface area contributed by atoms with Crippen LogP contribution >= 0.6 is 11.3 Å². The van der Waals surface area contributed by atoms with Crippen molar-refractivity contribution in [3.8, 4) is 0 Å². The minimum Gasteiger partial charge on any atom is -0.357 e. The number of benzene rings is 1. The number of thiophene rings is 1. The van der Waals surface area contributed by atoms with Crippen LogP contribution in [0.15, 0.2) is 52.8 Å². The molecule has 3 nitrogen and oxygen atoms in total. The summed E-state index contributed by atoms with van der Waals surface area (Å²) in [5, 5.41) is 8.81. The van der Waals surface area contributed by atoms with Gasteiger partial charge in [-0.05, 0) is 29.9 Å². The van der Waals surface area contributed by atoms with E-state index in [9.17, 15) is 0 Å². The SMILES string of the molecule is CCNC(=NCc1cccs1)NCC(C)c1ccccc1. The Labute approximate surface area is 131 Å². The van der Waals surface area contributed by atoms with Crippen molar-refractivity contribution >= 4 is 17.3 Å². The van der Waals surface area contributed by atoms with Gasteiger partial charge in [0.2, 0.25) is 0 Å². The van der Waals surface area contributed by atoms with Crippen LogP contribution < -0.4 is 10.6 Å². The number of aliphatic imine (C=N–C) groups is 1. The molecule has 2 rings (SSSR count). The first-order valence-electron chi connectivity index (χ1n) is 7.39. The Hall–Kier alpha value is -1.81. The summed E-state index contributed by atoms with van der Waals surface area (Å²) >= 11 is 1.74. The molecular weight excluding hydrogens is 278 g/mol. The third-order valence-corrected chi connectivity index (χ3v) is 4.12. The molecule has 0 amide bonds. The number of nitrogens with one attached hydrogen (secondary N) is 2. The van der Waals surface area contributed by atoms with E-state index in [4.69, 9.17) is 0 Å². The zero-order valence-corrected chi connectivity index (χ0v) is 13.5. The number of rotatable bonds is 6. The second-order valence-corrected chi connectivity index (χ2v) is 6.00. The van der Waals surface area contributed by atoms with Crippen molar-refractivity contribution in [3.63, 3.8) is 0 Å². The van der Waals surface area contributed by atoms with Gasteiger partial charge in [0.15, 0.2) is 5.96 Å². The molecule has 1 atom stereocenters. The van der Waals surface area contributed by atoms with Crippen molar-refractivity contribution in [3.05, 3.63) is 58.3 Å². The smallest absolute Gasteiger partial charge is 0.191 e. The van der Waals surface area contributed by atoms with E-state index < -0.39 is 0 Å². The van der Waals surface area contributed by atoms with Gasteiger partial charge in [-0.3, -0.25) is 0 Å². The lowest BCUT2D eigenvalue weighted by molar-refractivity contribution is 0.700. The summed E-state index contributed by atoms with van der Waals surface area (Å²) < 4.78 is 0. The average molecular weight is 301 g/mol. The van der Waals surface area contributed by atoms with Crippen LogP contribution in [0, 0.1) is 0 Å². The Bertz CT molecular complexity index is 534. The molecule has 0 aliphatic carbocycles. The van der Waals surface area contributed by atoms with Crippen molar-refractivity contribution in [2.45, 2.75) is 26.3 Å². The number of guanidine groups is 1. The van der Waals surface area contributed by atoms with E-state index in [1.54, 1.807) is 11.3 Å². The topological polar surface area (TPSA) is 36.4 Å². The van der Waals surface area contributed by atoms with Crippen molar-refractivity contribution in [2.24, 2.45) is 4.99 Å². The maximum absolute atomic E-state index is 4.63. The molecule has 2 aromatic rings. The molecule has 0 saturated heterocycles. The molecule has 1 aromatic heterocycles. The molecule has 112 valence electrons. The van der Waals surface area contributed by atoms with E-state index in [0.717, 1.165) is 25.6 Å². The summed E-state index contributed by atoms with van der Waals surface area (Å²) in [6.45, 7) is 6.79. The summed E-state index contributed by atoms with van der Waals surface area (Å²) in [6, 6.07) is 14.7. The molecule has 1 unspecified atom stereocenters. The Balaban J connectivity index is 1.89. The zero-order chi connectivity index (χ0) is 14.9. The van der Waals surface area contributed by atoms with Crippen LogP contribution in [0.25, 0.3) is 0 Å². The highest BCUT2D eigenvalue weighted by molar-refractivity contribution is 7.09. The van der Waals surface area contributed by atoms with Crippen LogP contribution in [0.4, 0.5) is 0 Å². The standard InChI is InChI=1S/C17H23N3S/c1-3-18-17(20-13-16-10-7-11-21-16)19-12-14(2)15-8-5-4-6-9-15/h4-11,14H,3,12-13H2,1-2H3,(H2,18,19,20). The third-order valence-electron chi connectivity index (χ3n) is 3.26. The molecule has 0 aliphatic heterocycles. The van der Waals surface area contributed by atoms with Gasteiger partial charge in [0, 0.05) is 18.0 Å². The summed E-state index contributed by atoms with van der Waals surface area (Å²) in [6.07, 6.45) is 0. The quantitative estimate of drug-likeness (QED) is 0.632. The molecule has 1 aromatic carbocycles. The van der Waals surface area contributed by atoms with Crippen molar-refractivity contribution < 1.29 is 0 Å². The van der Waals surface area contributed by atoms with E-state index in [1.807, 2.05) is 0 Å². The predicted molar refractivity (Wildman–Crippen MR) is 92.0 cm³/mol. The predicted octanol–water partition coefficient (Wildman–Crippen LogP) is 3.61. The summed E-state index contributed by atoms with van der Waals surface area (Å²) in [5.74, 6) is 1.34. The lowest BCUT2D eigenvalue weighted by Gasteiger charge is -2.16. The van der Waals surface area contributed by atoms with Crippen LogP contribution in [-0.4, -0.2) is 19.0 Å². The molecule has 0 saturated carbocycles. The third kappa shape index (κ3) is 5.23. The van der Waals surface area contributed by atoms with Crippen LogP contribution in [0.2, 0.25) is 0 Å². The van der Waals surface area contributed by atoms with Gasteiger partial charge in [-0.1, -0.05) is 43.3 Å².